The van der Waals surface area contributed by atoms with Gasteiger partial charge in [0.15, 0.2) is 0 Å². The van der Waals surface area contributed by atoms with Gasteiger partial charge >= 0.3 is 7.12 Å². The third-order valence-electron chi connectivity index (χ3n) is 5.49. The lowest BCUT2D eigenvalue weighted by Crippen LogP contribution is -2.57. The lowest BCUT2D eigenvalue weighted by atomic mass is 9.75. The summed E-state index contributed by atoms with van der Waals surface area (Å²) in [6.07, 6.45) is 0. The van der Waals surface area contributed by atoms with E-state index < -0.39 is 0 Å². The smallest absolute Gasteiger partial charge is 0.399 e. The molecule has 1 aromatic carbocycles. The Morgan fingerprint density at radius 3 is 2.05 bits per heavy atom. The van der Waals surface area contributed by atoms with Crippen LogP contribution in [-0.2, 0) is 19.6 Å². The van der Waals surface area contributed by atoms with E-state index >= 15 is 0 Å². The molecule has 0 spiro atoms. The van der Waals surface area contributed by atoms with Gasteiger partial charge in [0.05, 0.1) is 30.0 Å². The summed E-state index contributed by atoms with van der Waals surface area (Å²) in [5.41, 5.74) is 1.68. The molecule has 2 heterocycles. The minimum absolute atomic E-state index is 0.0281. The molecule has 0 aromatic heterocycles. The summed E-state index contributed by atoms with van der Waals surface area (Å²) in [4.78, 5) is 2.24. The summed E-state index contributed by atoms with van der Waals surface area (Å²) in [7, 11) is 3.89. The first-order valence-corrected chi connectivity index (χ1v) is 7.89. The van der Waals surface area contributed by atoms with Crippen LogP contribution in [0.3, 0.4) is 0 Å². The molecule has 1 aromatic rings. The predicted octanol–water partition coefficient (Wildman–Crippen LogP) is 1.77. The van der Waals surface area contributed by atoms with E-state index in [0.29, 0.717) is 0 Å². The standard InChI is InChI=1S/C17H26BNO3/c1-15(2)16(3,4)22-18(21-15)14-9-7-8-13(10-14)17(19(5)6)11-20-12-17/h7-10H,11-12H2,1-6H3. The van der Waals surface area contributed by atoms with Gasteiger partial charge in [-0.2, -0.15) is 0 Å². The van der Waals surface area contributed by atoms with Crippen LogP contribution in [0.5, 0.6) is 0 Å². The molecule has 2 aliphatic heterocycles. The molecule has 3 rings (SSSR count). The lowest BCUT2D eigenvalue weighted by Gasteiger charge is -2.47. The van der Waals surface area contributed by atoms with E-state index in [4.69, 9.17) is 14.0 Å². The van der Waals surface area contributed by atoms with E-state index in [2.05, 4.69) is 71.0 Å². The largest absolute Gasteiger partial charge is 0.494 e. The molecule has 0 N–H and O–H groups in total. The molecule has 2 fully saturated rings. The van der Waals surface area contributed by atoms with Crippen molar-refractivity contribution in [3.63, 3.8) is 0 Å². The number of rotatable bonds is 3. The van der Waals surface area contributed by atoms with Gasteiger partial charge in [0.2, 0.25) is 0 Å². The molecule has 2 aliphatic rings. The number of likely N-dealkylation sites (N-methyl/N-ethyl adjacent to an activating group) is 1. The van der Waals surface area contributed by atoms with Crippen LogP contribution in [0.25, 0.3) is 0 Å². The highest BCUT2D eigenvalue weighted by atomic mass is 16.7. The first kappa shape index (κ1) is 16.0. The van der Waals surface area contributed by atoms with Crippen molar-refractivity contribution in [2.45, 2.75) is 44.4 Å². The quantitative estimate of drug-likeness (QED) is 0.797. The molecule has 2 saturated heterocycles. The molecular weight excluding hydrogens is 277 g/mol. The fourth-order valence-corrected chi connectivity index (χ4v) is 2.93. The van der Waals surface area contributed by atoms with E-state index in [1.54, 1.807) is 0 Å². The Morgan fingerprint density at radius 2 is 1.59 bits per heavy atom. The van der Waals surface area contributed by atoms with Crippen LogP contribution in [0.2, 0.25) is 0 Å². The molecule has 4 nitrogen and oxygen atoms in total. The zero-order valence-electron chi connectivity index (χ0n) is 14.5. The van der Waals surface area contributed by atoms with Crippen molar-refractivity contribution in [2.24, 2.45) is 0 Å². The molecule has 5 heteroatoms. The molecule has 0 saturated carbocycles. The van der Waals surface area contributed by atoms with Gasteiger partial charge in [-0.3, -0.25) is 4.90 Å². The first-order chi connectivity index (χ1) is 10.2. The summed E-state index contributed by atoms with van der Waals surface area (Å²) < 4.78 is 17.8. The highest BCUT2D eigenvalue weighted by Gasteiger charge is 2.52. The molecule has 0 bridgehead atoms. The maximum absolute atomic E-state index is 6.16. The van der Waals surface area contributed by atoms with Crippen LogP contribution in [0, 0.1) is 0 Å². The zero-order valence-corrected chi connectivity index (χ0v) is 14.5. The van der Waals surface area contributed by atoms with Gasteiger partial charge < -0.3 is 14.0 Å². The van der Waals surface area contributed by atoms with E-state index in [1.807, 2.05) is 0 Å². The minimum Gasteiger partial charge on any atom is -0.399 e. The summed E-state index contributed by atoms with van der Waals surface area (Å²) in [5.74, 6) is 0. The van der Waals surface area contributed by atoms with Crippen molar-refractivity contribution in [3.8, 4) is 0 Å². The molecule has 120 valence electrons. The number of hydrogen-bond donors (Lipinski definition) is 0. The van der Waals surface area contributed by atoms with Crippen LogP contribution in [0.15, 0.2) is 24.3 Å². The third-order valence-corrected chi connectivity index (χ3v) is 5.49. The highest BCUT2D eigenvalue weighted by Crippen LogP contribution is 2.37. The monoisotopic (exact) mass is 303 g/mol. The predicted molar refractivity (Wildman–Crippen MR) is 88.3 cm³/mol. The molecule has 0 aliphatic carbocycles. The summed E-state index contributed by atoms with van der Waals surface area (Å²) in [6.45, 7) is 9.78. The van der Waals surface area contributed by atoms with Crippen molar-refractivity contribution in [1.82, 2.24) is 4.90 Å². The minimum atomic E-state index is -0.315. The SMILES string of the molecule is CN(C)C1(c2cccc(B3OC(C)(C)C(C)(C)O3)c2)COC1. The second-order valence-corrected chi connectivity index (χ2v) is 7.63. The van der Waals surface area contributed by atoms with E-state index in [1.165, 1.54) is 5.56 Å². The average Bonchev–Trinajstić information content (AvgIpc) is 2.57. The van der Waals surface area contributed by atoms with Gasteiger partial charge in [-0.1, -0.05) is 24.3 Å². The zero-order chi connectivity index (χ0) is 16.2. The van der Waals surface area contributed by atoms with Crippen molar-refractivity contribution in [2.75, 3.05) is 27.3 Å². The number of hydrogen-bond acceptors (Lipinski definition) is 4. The van der Waals surface area contributed by atoms with Crippen LogP contribution >= 0.6 is 0 Å². The van der Waals surface area contributed by atoms with Crippen LogP contribution in [-0.4, -0.2) is 50.5 Å². The first-order valence-electron chi connectivity index (χ1n) is 7.89. The van der Waals surface area contributed by atoms with Crippen molar-refractivity contribution in [1.29, 1.82) is 0 Å². The Kier molecular flexibility index (Phi) is 3.68. The maximum Gasteiger partial charge on any atom is 0.494 e. The second kappa shape index (κ2) is 5.06. The Hall–Kier alpha value is -0.875. The van der Waals surface area contributed by atoms with Crippen LogP contribution < -0.4 is 5.46 Å². The Bertz CT molecular complexity index is 551. The number of benzene rings is 1. The Morgan fingerprint density at radius 1 is 1.00 bits per heavy atom. The Labute approximate surface area is 133 Å². The van der Waals surface area contributed by atoms with E-state index in [9.17, 15) is 0 Å². The van der Waals surface area contributed by atoms with E-state index in [0.717, 1.165) is 18.7 Å². The van der Waals surface area contributed by atoms with Crippen LogP contribution in [0.1, 0.15) is 33.3 Å². The molecule has 0 unspecified atom stereocenters. The van der Waals surface area contributed by atoms with Gasteiger partial charge in [-0.25, -0.2) is 0 Å². The fraction of sp³-hybridized carbons (Fsp3) is 0.647. The third kappa shape index (κ3) is 2.31. The molecule has 0 atom stereocenters. The topological polar surface area (TPSA) is 30.9 Å². The molecule has 0 radical (unpaired) electrons. The normalized spacial score (nSPS) is 25.3. The molecule has 22 heavy (non-hydrogen) atoms. The van der Waals surface area contributed by atoms with Gasteiger partial charge in [-0.05, 0) is 52.8 Å². The van der Waals surface area contributed by atoms with Crippen molar-refractivity contribution < 1.29 is 14.0 Å². The summed E-state index contributed by atoms with van der Waals surface area (Å²) >= 11 is 0. The highest BCUT2D eigenvalue weighted by molar-refractivity contribution is 6.62. The van der Waals surface area contributed by atoms with Gasteiger partial charge in [0, 0.05) is 0 Å². The Balaban J connectivity index is 1.90. The summed E-state index contributed by atoms with van der Waals surface area (Å²) in [5, 5.41) is 0. The van der Waals surface area contributed by atoms with Crippen molar-refractivity contribution >= 4 is 12.6 Å². The summed E-state index contributed by atoms with van der Waals surface area (Å²) in [6, 6.07) is 8.52. The van der Waals surface area contributed by atoms with Gasteiger partial charge in [0.25, 0.3) is 0 Å². The van der Waals surface area contributed by atoms with Crippen LogP contribution in [0.4, 0.5) is 0 Å². The molecular formula is C17H26BNO3. The van der Waals surface area contributed by atoms with Gasteiger partial charge in [-0.15, -0.1) is 0 Å². The molecule has 0 amide bonds. The lowest BCUT2D eigenvalue weighted by molar-refractivity contribution is -0.130. The van der Waals surface area contributed by atoms with Gasteiger partial charge in [0.1, 0.15) is 0 Å². The number of nitrogens with zero attached hydrogens (tertiary/aromatic N) is 1. The van der Waals surface area contributed by atoms with Crippen molar-refractivity contribution in [3.05, 3.63) is 29.8 Å². The average molecular weight is 303 g/mol. The second-order valence-electron chi connectivity index (χ2n) is 7.63. The van der Waals surface area contributed by atoms with E-state index in [-0.39, 0.29) is 23.9 Å². The maximum atomic E-state index is 6.16. The fourth-order valence-electron chi connectivity index (χ4n) is 2.93. The number of ether oxygens (including phenoxy) is 1.